The first-order chi connectivity index (χ1) is 15.7. The number of hydrogen-bond acceptors (Lipinski definition) is 4. The van der Waals surface area contributed by atoms with Crippen molar-refractivity contribution in [2.24, 2.45) is 0 Å². The first-order valence-corrected chi connectivity index (χ1v) is 12.0. The lowest BCUT2D eigenvalue weighted by molar-refractivity contribution is 0.265. The summed E-state index contributed by atoms with van der Waals surface area (Å²) >= 11 is 0. The summed E-state index contributed by atoms with van der Waals surface area (Å²) in [6.07, 6.45) is 0.449. The van der Waals surface area contributed by atoms with E-state index < -0.39 is 0 Å². The zero-order chi connectivity index (χ0) is 21.7. The van der Waals surface area contributed by atoms with Crippen LogP contribution in [0.4, 0.5) is 0 Å². The van der Waals surface area contributed by atoms with Gasteiger partial charge in [0.1, 0.15) is 36.9 Å². The van der Waals surface area contributed by atoms with E-state index in [0.29, 0.717) is 13.2 Å². The quantitative estimate of drug-likeness (QED) is 0.305. The van der Waals surface area contributed by atoms with Crippen molar-refractivity contribution in [1.82, 2.24) is 0 Å². The van der Waals surface area contributed by atoms with Gasteiger partial charge in [-0.15, -0.1) is 18.5 Å². The zero-order valence-corrected chi connectivity index (χ0v) is 19.9. The highest BCUT2D eigenvalue weighted by Gasteiger charge is 2.25. The van der Waals surface area contributed by atoms with Crippen LogP contribution >= 0.6 is 18.5 Å². The SMILES string of the molecule is Pc1c(OCC2CO2)ccc2cccc(-c3cccc4ccc(OCC5CO5)c(P)c34)c12. The maximum absolute atomic E-state index is 6.07. The second kappa shape index (κ2) is 8.28. The summed E-state index contributed by atoms with van der Waals surface area (Å²) in [4.78, 5) is 0. The number of benzene rings is 4. The molecule has 4 atom stereocenters. The van der Waals surface area contributed by atoms with Crippen LogP contribution in [0.5, 0.6) is 11.5 Å². The summed E-state index contributed by atoms with van der Waals surface area (Å²) < 4.78 is 22.8. The third kappa shape index (κ3) is 3.87. The van der Waals surface area contributed by atoms with Crippen molar-refractivity contribution < 1.29 is 18.9 Å². The fourth-order valence-electron chi connectivity index (χ4n) is 4.17. The topological polar surface area (TPSA) is 43.5 Å². The Morgan fingerprint density at radius 1 is 0.656 bits per heavy atom. The van der Waals surface area contributed by atoms with Crippen LogP contribution in [0.1, 0.15) is 0 Å². The molecule has 4 nitrogen and oxygen atoms in total. The molecule has 32 heavy (non-hydrogen) atoms. The van der Waals surface area contributed by atoms with Crippen molar-refractivity contribution in [3.05, 3.63) is 60.7 Å². The first kappa shape index (κ1) is 20.4. The van der Waals surface area contributed by atoms with Gasteiger partial charge in [0.2, 0.25) is 0 Å². The summed E-state index contributed by atoms with van der Waals surface area (Å²) in [5, 5.41) is 6.87. The molecule has 0 amide bonds. The lowest BCUT2D eigenvalue weighted by Gasteiger charge is -2.17. The van der Waals surface area contributed by atoms with Gasteiger partial charge < -0.3 is 18.9 Å². The Labute approximate surface area is 191 Å². The van der Waals surface area contributed by atoms with Crippen LogP contribution in [0.3, 0.4) is 0 Å². The molecule has 2 saturated heterocycles. The van der Waals surface area contributed by atoms with Crippen molar-refractivity contribution in [3.63, 3.8) is 0 Å². The summed E-state index contributed by atoms with van der Waals surface area (Å²) in [5.41, 5.74) is 2.36. The fraction of sp³-hybridized carbons (Fsp3) is 0.231. The molecule has 4 aromatic rings. The number of fused-ring (bicyclic) bond motifs is 2. The first-order valence-electron chi connectivity index (χ1n) is 10.8. The van der Waals surface area contributed by atoms with E-state index in [4.69, 9.17) is 18.9 Å². The Hall–Kier alpha value is -2.22. The van der Waals surface area contributed by atoms with Gasteiger partial charge in [-0.3, -0.25) is 0 Å². The molecule has 0 radical (unpaired) electrons. The highest BCUT2D eigenvalue weighted by molar-refractivity contribution is 7.29. The molecule has 2 fully saturated rings. The summed E-state index contributed by atoms with van der Waals surface area (Å²) in [5.74, 6) is 1.76. The minimum atomic E-state index is 0.225. The average molecular weight is 462 g/mol. The van der Waals surface area contributed by atoms with Crippen LogP contribution in [0, 0.1) is 0 Å². The van der Waals surface area contributed by atoms with E-state index in [-0.39, 0.29) is 12.2 Å². The molecule has 162 valence electrons. The zero-order valence-electron chi connectivity index (χ0n) is 17.5. The molecule has 4 unspecified atom stereocenters. The normalized spacial score (nSPS) is 19.3. The molecule has 6 rings (SSSR count). The van der Waals surface area contributed by atoms with Crippen molar-refractivity contribution in [2.75, 3.05) is 26.4 Å². The highest BCUT2D eigenvalue weighted by atomic mass is 31.0. The van der Waals surface area contributed by atoms with E-state index in [2.05, 4.69) is 67.0 Å². The third-order valence-electron chi connectivity index (χ3n) is 6.04. The summed E-state index contributed by atoms with van der Waals surface area (Å²) in [7, 11) is 5.79. The predicted octanol–water partition coefficient (Wildman–Crippen LogP) is 4.22. The van der Waals surface area contributed by atoms with Gasteiger partial charge >= 0.3 is 0 Å². The van der Waals surface area contributed by atoms with Crippen molar-refractivity contribution in [1.29, 1.82) is 0 Å². The van der Waals surface area contributed by atoms with Crippen LogP contribution in [-0.2, 0) is 9.47 Å². The molecule has 0 N–H and O–H groups in total. The molecule has 4 aromatic carbocycles. The minimum Gasteiger partial charge on any atom is -0.490 e. The molecule has 2 aliphatic heterocycles. The highest BCUT2D eigenvalue weighted by Crippen LogP contribution is 2.37. The molecule has 0 saturated carbocycles. The second-order valence-electron chi connectivity index (χ2n) is 8.29. The van der Waals surface area contributed by atoms with Gasteiger partial charge in [0, 0.05) is 21.4 Å². The van der Waals surface area contributed by atoms with Crippen LogP contribution in [0.25, 0.3) is 32.7 Å². The van der Waals surface area contributed by atoms with Crippen molar-refractivity contribution >= 4 is 50.6 Å². The van der Waals surface area contributed by atoms with Crippen LogP contribution in [-0.4, -0.2) is 38.6 Å². The molecule has 0 aliphatic carbocycles. The maximum Gasteiger partial charge on any atom is 0.127 e. The number of ether oxygens (including phenoxy) is 4. The van der Waals surface area contributed by atoms with Gasteiger partial charge in [-0.2, -0.15) is 0 Å². The molecular weight excluding hydrogens is 438 g/mol. The number of epoxide rings is 2. The fourth-order valence-corrected chi connectivity index (χ4v) is 5.17. The van der Waals surface area contributed by atoms with E-state index in [1.807, 2.05) is 12.1 Å². The number of rotatable bonds is 7. The van der Waals surface area contributed by atoms with E-state index in [0.717, 1.165) is 35.3 Å². The van der Waals surface area contributed by atoms with E-state index in [9.17, 15) is 0 Å². The van der Waals surface area contributed by atoms with Crippen LogP contribution < -0.4 is 20.1 Å². The largest absolute Gasteiger partial charge is 0.490 e. The molecule has 6 heteroatoms. The smallest absolute Gasteiger partial charge is 0.127 e. The molecule has 0 spiro atoms. The molecule has 0 bridgehead atoms. The van der Waals surface area contributed by atoms with Gasteiger partial charge in [0.15, 0.2) is 0 Å². The molecule has 2 heterocycles. The Kier molecular flexibility index (Phi) is 5.28. The van der Waals surface area contributed by atoms with Crippen LogP contribution in [0.2, 0.25) is 0 Å². The lowest BCUT2D eigenvalue weighted by Crippen LogP contribution is -2.11. The van der Waals surface area contributed by atoms with E-state index in [1.165, 1.54) is 32.7 Å². The Morgan fingerprint density at radius 3 is 1.50 bits per heavy atom. The minimum absolute atomic E-state index is 0.225. The van der Waals surface area contributed by atoms with Gasteiger partial charge in [-0.05, 0) is 34.0 Å². The molecular formula is C26H24O4P2. The molecule has 0 aromatic heterocycles. The van der Waals surface area contributed by atoms with Gasteiger partial charge in [-0.1, -0.05) is 48.5 Å². The van der Waals surface area contributed by atoms with Crippen molar-refractivity contribution in [3.8, 4) is 22.6 Å². The van der Waals surface area contributed by atoms with E-state index >= 15 is 0 Å². The van der Waals surface area contributed by atoms with Crippen molar-refractivity contribution in [2.45, 2.75) is 12.2 Å². The lowest BCUT2D eigenvalue weighted by atomic mass is 9.93. The predicted molar refractivity (Wildman–Crippen MR) is 136 cm³/mol. The van der Waals surface area contributed by atoms with Crippen LogP contribution in [0.15, 0.2) is 60.7 Å². The monoisotopic (exact) mass is 462 g/mol. The summed E-state index contributed by atoms with van der Waals surface area (Å²) in [6, 6.07) is 21.3. The Balaban J connectivity index is 1.50. The van der Waals surface area contributed by atoms with Gasteiger partial charge in [0.05, 0.1) is 13.2 Å². The second-order valence-corrected chi connectivity index (χ2v) is 9.45. The Bertz CT molecular complexity index is 1230. The Morgan fingerprint density at radius 2 is 1.09 bits per heavy atom. The summed E-state index contributed by atoms with van der Waals surface area (Å²) in [6.45, 7) is 2.75. The molecule has 2 aliphatic rings. The van der Waals surface area contributed by atoms with E-state index in [1.54, 1.807) is 0 Å². The third-order valence-corrected chi connectivity index (χ3v) is 7.18. The van der Waals surface area contributed by atoms with Gasteiger partial charge in [0.25, 0.3) is 0 Å². The average Bonchev–Trinajstić information content (AvgIpc) is 3.73. The van der Waals surface area contributed by atoms with Gasteiger partial charge in [-0.25, -0.2) is 0 Å². The number of hydrogen-bond donors (Lipinski definition) is 0. The standard InChI is InChI=1S/C26H24O4P2/c31-25-21(29-13-17-11-27-17)9-7-15-3-1-5-19(23(15)25)20-6-2-4-16-8-10-22(26(32)24(16)20)30-14-18-12-28-18/h1-10,17-18H,11-14,31-32H2. The maximum atomic E-state index is 6.07.